The van der Waals surface area contributed by atoms with Gasteiger partial charge in [0, 0.05) is 12.1 Å². The lowest BCUT2D eigenvalue weighted by Crippen LogP contribution is -2.38. The minimum absolute atomic E-state index is 0.283. The smallest absolute Gasteiger partial charge is 0.331 e. The van der Waals surface area contributed by atoms with Gasteiger partial charge in [-0.15, -0.1) is 0 Å². The van der Waals surface area contributed by atoms with Gasteiger partial charge >= 0.3 is 5.97 Å². The predicted octanol–water partition coefficient (Wildman–Crippen LogP) is 2.97. The average molecular weight is 283 g/mol. The van der Waals surface area contributed by atoms with Crippen LogP contribution < -0.4 is 0 Å². The summed E-state index contributed by atoms with van der Waals surface area (Å²) in [6.45, 7) is 2.10. The maximum Gasteiger partial charge on any atom is 0.331 e. The fraction of sp³-hybridized carbons (Fsp3) is 0.176. The van der Waals surface area contributed by atoms with Crippen molar-refractivity contribution in [2.75, 3.05) is 6.54 Å². The zero-order valence-electron chi connectivity index (χ0n) is 11.8. The number of benzene rings is 2. The van der Waals surface area contributed by atoms with E-state index >= 15 is 0 Å². The van der Waals surface area contributed by atoms with Crippen molar-refractivity contribution in [1.82, 2.24) is 4.90 Å². The van der Waals surface area contributed by atoms with Crippen LogP contribution in [0.25, 0.3) is 0 Å². The lowest BCUT2D eigenvalue weighted by Gasteiger charge is -2.28. The number of carbonyl (C=O) groups is 2. The molecule has 108 valence electrons. The van der Waals surface area contributed by atoms with Crippen LogP contribution in [0.2, 0.25) is 0 Å². The van der Waals surface area contributed by atoms with E-state index in [-0.39, 0.29) is 5.91 Å². The first-order valence-electron chi connectivity index (χ1n) is 6.79. The summed E-state index contributed by atoms with van der Waals surface area (Å²) in [5, 5.41) is 9.53. The Morgan fingerprint density at radius 3 is 2.00 bits per heavy atom. The number of rotatable bonds is 5. The summed E-state index contributed by atoms with van der Waals surface area (Å²) in [6, 6.07) is 16.5. The van der Waals surface area contributed by atoms with Gasteiger partial charge in [-0.1, -0.05) is 48.5 Å². The zero-order valence-corrected chi connectivity index (χ0v) is 11.8. The van der Waals surface area contributed by atoms with Crippen molar-refractivity contribution in [2.45, 2.75) is 13.0 Å². The molecule has 4 nitrogen and oxygen atoms in total. The third-order valence-electron chi connectivity index (χ3n) is 3.28. The van der Waals surface area contributed by atoms with Crippen LogP contribution >= 0.6 is 0 Å². The number of nitrogens with zero attached hydrogens (tertiary/aromatic N) is 1. The second kappa shape index (κ2) is 6.70. The summed E-state index contributed by atoms with van der Waals surface area (Å²) in [5.41, 5.74) is 1.08. The molecule has 1 atom stereocenters. The molecule has 21 heavy (non-hydrogen) atoms. The Hall–Kier alpha value is -2.62. The number of amides is 1. The topological polar surface area (TPSA) is 57.6 Å². The monoisotopic (exact) mass is 283 g/mol. The van der Waals surface area contributed by atoms with Gasteiger partial charge in [0.15, 0.2) is 6.04 Å². The first-order chi connectivity index (χ1) is 10.1. The molecule has 0 radical (unpaired) electrons. The molecule has 0 aliphatic carbocycles. The molecular weight excluding hydrogens is 266 g/mol. The van der Waals surface area contributed by atoms with Gasteiger partial charge in [0.2, 0.25) is 0 Å². The second-order valence-electron chi connectivity index (χ2n) is 4.61. The van der Waals surface area contributed by atoms with E-state index in [0.717, 1.165) is 0 Å². The Balaban J connectivity index is 2.38. The standard InChI is InChI=1S/C17H17NO3/c1-2-18(16(19)14-11-7-4-8-12-14)15(17(20)21)13-9-5-3-6-10-13/h3-12,15H,2H2,1H3,(H,20,21). The highest BCUT2D eigenvalue weighted by molar-refractivity contribution is 5.96. The van der Waals surface area contributed by atoms with Crippen LogP contribution in [0.3, 0.4) is 0 Å². The predicted molar refractivity (Wildman–Crippen MR) is 80.0 cm³/mol. The quantitative estimate of drug-likeness (QED) is 0.917. The van der Waals surface area contributed by atoms with E-state index in [9.17, 15) is 14.7 Å². The van der Waals surface area contributed by atoms with Gasteiger partial charge in [0.05, 0.1) is 0 Å². The molecule has 2 aromatic carbocycles. The molecule has 2 aromatic rings. The fourth-order valence-electron chi connectivity index (χ4n) is 2.28. The Morgan fingerprint density at radius 2 is 1.52 bits per heavy atom. The highest BCUT2D eigenvalue weighted by Gasteiger charge is 2.30. The summed E-state index contributed by atoms with van der Waals surface area (Å²) < 4.78 is 0. The summed E-state index contributed by atoms with van der Waals surface area (Å²) in [7, 11) is 0. The van der Waals surface area contributed by atoms with Crippen molar-refractivity contribution in [1.29, 1.82) is 0 Å². The molecule has 0 heterocycles. The van der Waals surface area contributed by atoms with Crippen molar-refractivity contribution in [2.24, 2.45) is 0 Å². The van der Waals surface area contributed by atoms with Crippen LogP contribution in [-0.4, -0.2) is 28.4 Å². The van der Waals surface area contributed by atoms with Crippen LogP contribution in [0.15, 0.2) is 60.7 Å². The number of carbonyl (C=O) groups excluding carboxylic acids is 1. The average Bonchev–Trinajstić information content (AvgIpc) is 2.53. The molecular formula is C17H17NO3. The molecule has 1 unspecified atom stereocenters. The van der Waals surface area contributed by atoms with Crippen LogP contribution in [0.1, 0.15) is 28.9 Å². The molecule has 1 amide bonds. The van der Waals surface area contributed by atoms with Crippen molar-refractivity contribution >= 4 is 11.9 Å². The molecule has 0 saturated carbocycles. The zero-order chi connectivity index (χ0) is 15.2. The third kappa shape index (κ3) is 3.28. The van der Waals surface area contributed by atoms with Crippen LogP contribution in [0.5, 0.6) is 0 Å². The normalized spacial score (nSPS) is 11.7. The van der Waals surface area contributed by atoms with Gasteiger partial charge in [-0.25, -0.2) is 4.79 Å². The second-order valence-corrected chi connectivity index (χ2v) is 4.61. The van der Waals surface area contributed by atoms with Crippen molar-refractivity contribution in [3.8, 4) is 0 Å². The van der Waals surface area contributed by atoms with Gasteiger partial charge in [-0.2, -0.15) is 0 Å². The number of carboxylic acid groups (broad SMARTS) is 1. The largest absolute Gasteiger partial charge is 0.479 e. The molecule has 4 heteroatoms. The molecule has 0 aromatic heterocycles. The Kier molecular flexibility index (Phi) is 4.72. The Morgan fingerprint density at radius 1 is 1.00 bits per heavy atom. The van der Waals surface area contributed by atoms with Gasteiger partial charge in [0.1, 0.15) is 0 Å². The van der Waals surface area contributed by atoms with Crippen molar-refractivity contribution in [3.05, 3.63) is 71.8 Å². The van der Waals surface area contributed by atoms with E-state index in [1.165, 1.54) is 4.90 Å². The van der Waals surface area contributed by atoms with E-state index in [1.54, 1.807) is 55.5 Å². The molecule has 0 bridgehead atoms. The molecule has 2 rings (SSSR count). The minimum Gasteiger partial charge on any atom is -0.479 e. The Labute approximate surface area is 123 Å². The summed E-state index contributed by atoms with van der Waals surface area (Å²) >= 11 is 0. The number of carboxylic acids is 1. The SMILES string of the molecule is CCN(C(=O)c1ccccc1)C(C(=O)O)c1ccccc1. The molecule has 0 saturated heterocycles. The summed E-state index contributed by atoms with van der Waals surface area (Å²) in [4.78, 5) is 25.6. The maximum atomic E-state index is 12.6. The van der Waals surface area contributed by atoms with E-state index in [1.807, 2.05) is 12.1 Å². The molecule has 0 fully saturated rings. The first-order valence-corrected chi connectivity index (χ1v) is 6.79. The number of hydrogen-bond acceptors (Lipinski definition) is 2. The molecule has 1 N–H and O–H groups in total. The van der Waals surface area contributed by atoms with Crippen LogP contribution in [-0.2, 0) is 4.79 Å². The highest BCUT2D eigenvalue weighted by Crippen LogP contribution is 2.23. The maximum absolute atomic E-state index is 12.6. The number of hydrogen-bond donors (Lipinski definition) is 1. The molecule has 0 aliphatic heterocycles. The highest BCUT2D eigenvalue weighted by atomic mass is 16.4. The molecule has 0 aliphatic rings. The van der Waals surface area contributed by atoms with E-state index in [2.05, 4.69) is 0 Å². The van der Waals surface area contributed by atoms with Gasteiger partial charge in [0.25, 0.3) is 5.91 Å². The fourth-order valence-corrected chi connectivity index (χ4v) is 2.28. The van der Waals surface area contributed by atoms with E-state index in [0.29, 0.717) is 17.7 Å². The van der Waals surface area contributed by atoms with Gasteiger partial charge in [-0.05, 0) is 24.6 Å². The van der Waals surface area contributed by atoms with Crippen LogP contribution in [0.4, 0.5) is 0 Å². The number of aliphatic carboxylic acids is 1. The minimum atomic E-state index is -1.03. The first kappa shape index (κ1) is 14.8. The van der Waals surface area contributed by atoms with Gasteiger partial charge < -0.3 is 10.0 Å². The molecule has 0 spiro atoms. The third-order valence-corrected chi connectivity index (χ3v) is 3.28. The van der Waals surface area contributed by atoms with E-state index < -0.39 is 12.0 Å². The summed E-state index contributed by atoms with van der Waals surface area (Å²) in [5.74, 6) is -1.32. The van der Waals surface area contributed by atoms with Crippen molar-refractivity contribution in [3.63, 3.8) is 0 Å². The summed E-state index contributed by atoms with van der Waals surface area (Å²) in [6.07, 6.45) is 0. The lowest BCUT2D eigenvalue weighted by atomic mass is 10.0. The van der Waals surface area contributed by atoms with Gasteiger partial charge in [-0.3, -0.25) is 4.79 Å². The van der Waals surface area contributed by atoms with Crippen LogP contribution in [0, 0.1) is 0 Å². The Bertz CT molecular complexity index is 610. The number of likely N-dealkylation sites (N-methyl/N-ethyl adjacent to an activating group) is 1. The van der Waals surface area contributed by atoms with Crippen molar-refractivity contribution < 1.29 is 14.7 Å². The van der Waals surface area contributed by atoms with E-state index in [4.69, 9.17) is 0 Å². The lowest BCUT2D eigenvalue weighted by molar-refractivity contribution is -0.142.